The Labute approximate surface area is 128 Å². The summed E-state index contributed by atoms with van der Waals surface area (Å²) in [5.41, 5.74) is 8.09. The van der Waals surface area contributed by atoms with E-state index in [1.165, 1.54) is 0 Å². The number of hydrogen-bond donors (Lipinski definition) is 2. The van der Waals surface area contributed by atoms with Crippen molar-refractivity contribution in [1.29, 1.82) is 0 Å². The lowest BCUT2D eigenvalue weighted by molar-refractivity contribution is -0.116. The normalized spacial score (nSPS) is 10.8. The fraction of sp³-hybridized carbons (Fsp3) is 0.333. The van der Waals surface area contributed by atoms with Gasteiger partial charge in [-0.25, -0.2) is 4.98 Å². The Morgan fingerprint density at radius 3 is 2.86 bits per heavy atom. The summed E-state index contributed by atoms with van der Waals surface area (Å²) in [5, 5.41) is 5.95. The highest BCUT2D eigenvalue weighted by Crippen LogP contribution is 2.16. The lowest BCUT2D eigenvalue weighted by atomic mass is 10.2. The number of nitrogens with two attached hydrogens (primary N) is 1. The molecule has 0 unspecified atom stereocenters. The summed E-state index contributed by atoms with van der Waals surface area (Å²) in [6.45, 7) is 3.42. The number of nitrogen functional groups attached to an aromatic ring is 1. The predicted octanol–water partition coefficient (Wildman–Crippen LogP) is 2.49. The van der Waals surface area contributed by atoms with Crippen molar-refractivity contribution in [3.63, 3.8) is 0 Å². The molecule has 0 aliphatic heterocycles. The van der Waals surface area contributed by atoms with Crippen LogP contribution in [-0.2, 0) is 11.3 Å². The van der Waals surface area contributed by atoms with E-state index in [0.717, 1.165) is 17.2 Å². The van der Waals surface area contributed by atoms with Crippen LogP contribution < -0.4 is 11.1 Å². The molecule has 112 valence electrons. The van der Waals surface area contributed by atoms with Crippen molar-refractivity contribution in [2.75, 3.05) is 24.6 Å². The van der Waals surface area contributed by atoms with E-state index in [9.17, 15) is 4.79 Å². The predicted molar refractivity (Wildman–Crippen MR) is 87.3 cm³/mol. The largest absolute Gasteiger partial charge is 0.397 e. The van der Waals surface area contributed by atoms with Crippen LogP contribution in [0.15, 0.2) is 29.6 Å². The number of anilines is 2. The monoisotopic (exact) mass is 304 g/mol. The molecule has 0 saturated heterocycles. The van der Waals surface area contributed by atoms with Crippen LogP contribution in [0.4, 0.5) is 11.4 Å². The van der Waals surface area contributed by atoms with Gasteiger partial charge in [-0.2, -0.15) is 0 Å². The molecule has 1 aromatic carbocycles. The van der Waals surface area contributed by atoms with Crippen molar-refractivity contribution in [2.24, 2.45) is 0 Å². The number of nitrogens with one attached hydrogen (secondary N) is 1. The summed E-state index contributed by atoms with van der Waals surface area (Å²) in [7, 11) is 1.98. The Hall–Kier alpha value is -1.92. The molecule has 6 heteroatoms. The van der Waals surface area contributed by atoms with Gasteiger partial charge in [-0.05, 0) is 26.1 Å². The average Bonchev–Trinajstić information content (AvgIpc) is 2.84. The molecule has 0 saturated carbocycles. The summed E-state index contributed by atoms with van der Waals surface area (Å²) in [4.78, 5) is 18.4. The van der Waals surface area contributed by atoms with Gasteiger partial charge < -0.3 is 16.0 Å². The van der Waals surface area contributed by atoms with E-state index in [-0.39, 0.29) is 5.91 Å². The van der Waals surface area contributed by atoms with Crippen molar-refractivity contribution in [1.82, 2.24) is 9.88 Å². The van der Waals surface area contributed by atoms with E-state index in [4.69, 9.17) is 5.73 Å². The first kappa shape index (κ1) is 15.5. The van der Waals surface area contributed by atoms with Gasteiger partial charge in [0.25, 0.3) is 0 Å². The second-order valence-electron chi connectivity index (χ2n) is 4.98. The number of carbonyl (C=O) groups is 1. The van der Waals surface area contributed by atoms with E-state index in [2.05, 4.69) is 20.6 Å². The SMILES string of the molecule is Cc1nc(CN(C)CCC(=O)Nc2ccccc2N)cs1. The number of aryl methyl sites for hydroxylation is 1. The maximum Gasteiger partial charge on any atom is 0.225 e. The second-order valence-corrected chi connectivity index (χ2v) is 6.04. The summed E-state index contributed by atoms with van der Waals surface area (Å²) in [6, 6.07) is 7.26. The molecular formula is C15H20N4OS. The number of benzene rings is 1. The maximum atomic E-state index is 11.9. The molecule has 2 aromatic rings. The van der Waals surface area contributed by atoms with E-state index in [1.807, 2.05) is 26.1 Å². The van der Waals surface area contributed by atoms with Crippen LogP contribution in [-0.4, -0.2) is 29.4 Å². The minimum Gasteiger partial charge on any atom is -0.397 e. The van der Waals surface area contributed by atoms with Crippen LogP contribution in [0.1, 0.15) is 17.1 Å². The minimum atomic E-state index is -0.0331. The third-order valence-corrected chi connectivity index (χ3v) is 3.88. The standard InChI is InChI=1S/C15H20N4OS/c1-11-17-12(10-21-11)9-19(2)8-7-15(20)18-14-6-4-3-5-13(14)16/h3-6,10H,7-9,16H2,1-2H3,(H,18,20). The summed E-state index contributed by atoms with van der Waals surface area (Å²) >= 11 is 1.64. The molecule has 3 N–H and O–H groups in total. The highest BCUT2D eigenvalue weighted by atomic mass is 32.1. The lowest BCUT2D eigenvalue weighted by Crippen LogP contribution is -2.24. The van der Waals surface area contributed by atoms with Gasteiger partial charge in [-0.15, -0.1) is 11.3 Å². The number of thiazole rings is 1. The van der Waals surface area contributed by atoms with Crippen molar-refractivity contribution in [3.05, 3.63) is 40.3 Å². The molecule has 0 bridgehead atoms. The first-order valence-electron chi connectivity index (χ1n) is 6.78. The van der Waals surface area contributed by atoms with E-state index in [0.29, 0.717) is 24.3 Å². The summed E-state index contributed by atoms with van der Waals surface area (Å²) in [5.74, 6) is -0.0331. The quantitative estimate of drug-likeness (QED) is 0.804. The third-order valence-electron chi connectivity index (χ3n) is 3.05. The fourth-order valence-electron chi connectivity index (χ4n) is 1.95. The van der Waals surface area contributed by atoms with Crippen molar-refractivity contribution in [2.45, 2.75) is 19.9 Å². The van der Waals surface area contributed by atoms with Crippen LogP contribution in [0.25, 0.3) is 0 Å². The molecule has 0 fully saturated rings. The highest BCUT2D eigenvalue weighted by Gasteiger charge is 2.08. The average molecular weight is 304 g/mol. The zero-order chi connectivity index (χ0) is 15.2. The molecule has 0 aliphatic carbocycles. The molecule has 0 atom stereocenters. The topological polar surface area (TPSA) is 71.2 Å². The van der Waals surface area contributed by atoms with Crippen molar-refractivity contribution >= 4 is 28.6 Å². The molecule has 21 heavy (non-hydrogen) atoms. The number of nitrogens with zero attached hydrogens (tertiary/aromatic N) is 2. The van der Waals surface area contributed by atoms with E-state index in [1.54, 1.807) is 23.5 Å². The van der Waals surface area contributed by atoms with Gasteiger partial charge in [-0.1, -0.05) is 12.1 Å². The fourth-order valence-corrected chi connectivity index (χ4v) is 2.56. The smallest absolute Gasteiger partial charge is 0.225 e. The highest BCUT2D eigenvalue weighted by molar-refractivity contribution is 7.09. The third kappa shape index (κ3) is 4.84. The number of rotatable bonds is 6. The van der Waals surface area contributed by atoms with Crippen molar-refractivity contribution < 1.29 is 4.79 Å². The molecule has 0 spiro atoms. The van der Waals surface area contributed by atoms with Gasteiger partial charge in [-0.3, -0.25) is 4.79 Å². The van der Waals surface area contributed by atoms with Crippen LogP contribution in [0.5, 0.6) is 0 Å². The molecule has 1 heterocycles. The second kappa shape index (κ2) is 7.19. The first-order chi connectivity index (χ1) is 10.0. The van der Waals surface area contributed by atoms with Gasteiger partial charge >= 0.3 is 0 Å². The molecular weight excluding hydrogens is 284 g/mol. The Balaban J connectivity index is 1.77. The van der Waals surface area contributed by atoms with Gasteiger partial charge in [0.1, 0.15) is 0 Å². The molecule has 5 nitrogen and oxygen atoms in total. The number of para-hydroxylation sites is 2. The Morgan fingerprint density at radius 2 is 2.19 bits per heavy atom. The Morgan fingerprint density at radius 1 is 1.43 bits per heavy atom. The van der Waals surface area contributed by atoms with Gasteiger partial charge in [0.15, 0.2) is 0 Å². The van der Waals surface area contributed by atoms with E-state index < -0.39 is 0 Å². The zero-order valence-corrected chi connectivity index (χ0v) is 13.1. The minimum absolute atomic E-state index is 0.0331. The van der Waals surface area contributed by atoms with Crippen LogP contribution in [0.3, 0.4) is 0 Å². The Bertz CT molecular complexity index is 611. The number of carbonyl (C=O) groups excluding carboxylic acids is 1. The molecule has 0 radical (unpaired) electrons. The van der Waals surface area contributed by atoms with Gasteiger partial charge in [0.2, 0.25) is 5.91 Å². The molecule has 0 aliphatic rings. The van der Waals surface area contributed by atoms with Crippen LogP contribution in [0, 0.1) is 6.92 Å². The summed E-state index contributed by atoms with van der Waals surface area (Å²) < 4.78 is 0. The van der Waals surface area contributed by atoms with Crippen LogP contribution >= 0.6 is 11.3 Å². The lowest BCUT2D eigenvalue weighted by Gasteiger charge is -2.15. The van der Waals surface area contributed by atoms with Gasteiger partial charge in [0.05, 0.1) is 22.1 Å². The van der Waals surface area contributed by atoms with Gasteiger partial charge in [0, 0.05) is 24.9 Å². The zero-order valence-electron chi connectivity index (χ0n) is 12.3. The summed E-state index contributed by atoms with van der Waals surface area (Å²) in [6.07, 6.45) is 0.425. The number of amides is 1. The number of hydrogen-bond acceptors (Lipinski definition) is 5. The Kier molecular flexibility index (Phi) is 5.30. The van der Waals surface area contributed by atoms with Crippen LogP contribution in [0.2, 0.25) is 0 Å². The molecule has 1 amide bonds. The van der Waals surface area contributed by atoms with Crippen molar-refractivity contribution in [3.8, 4) is 0 Å². The molecule has 2 rings (SSSR count). The maximum absolute atomic E-state index is 11.9. The number of aromatic nitrogens is 1. The van der Waals surface area contributed by atoms with E-state index >= 15 is 0 Å². The molecule has 1 aromatic heterocycles. The first-order valence-corrected chi connectivity index (χ1v) is 7.66.